The fraction of sp³-hybridized carbons (Fsp3) is 0.250. The first-order chi connectivity index (χ1) is 12.9. The van der Waals surface area contributed by atoms with Crippen LogP contribution in [0.1, 0.15) is 12.5 Å². The first kappa shape index (κ1) is 19.8. The molecule has 5 nitrogen and oxygen atoms in total. The Balaban J connectivity index is 1.53. The van der Waals surface area contributed by atoms with Crippen LogP contribution in [0.3, 0.4) is 0 Å². The Hall–Kier alpha value is -1.99. The third kappa shape index (κ3) is 5.49. The third-order valence-corrected chi connectivity index (χ3v) is 6.03. The van der Waals surface area contributed by atoms with E-state index in [1.807, 2.05) is 31.2 Å². The fourth-order valence-electron chi connectivity index (χ4n) is 2.85. The summed E-state index contributed by atoms with van der Waals surface area (Å²) in [6.07, 6.45) is 4.20. The zero-order valence-electron chi connectivity index (χ0n) is 15.0. The second-order valence-electron chi connectivity index (χ2n) is 6.49. The number of nitrogens with one attached hydrogen (secondary N) is 2. The van der Waals surface area contributed by atoms with Gasteiger partial charge in [0.2, 0.25) is 10.0 Å². The van der Waals surface area contributed by atoms with Gasteiger partial charge in [-0.2, -0.15) is 0 Å². The van der Waals surface area contributed by atoms with Crippen LogP contribution in [0.25, 0.3) is 10.8 Å². The highest BCUT2D eigenvalue weighted by Crippen LogP contribution is 2.18. The lowest BCUT2D eigenvalue weighted by atomic mass is 10.1. The molecule has 0 aliphatic heterocycles. The first-order valence-electron chi connectivity index (χ1n) is 8.75. The molecular weight excluding hydrogens is 382 g/mol. The molecule has 1 heterocycles. The molecule has 1 unspecified atom stereocenters. The maximum absolute atomic E-state index is 12.6. The summed E-state index contributed by atoms with van der Waals surface area (Å²) in [7, 11) is -3.57. The van der Waals surface area contributed by atoms with Crippen molar-refractivity contribution >= 4 is 32.4 Å². The molecule has 0 saturated carbocycles. The minimum atomic E-state index is -3.57. The molecular formula is C20H22ClN3O2S. The molecule has 0 aliphatic carbocycles. The molecule has 2 N–H and O–H groups in total. The lowest BCUT2D eigenvalue weighted by Crippen LogP contribution is -2.40. The Kier molecular flexibility index (Phi) is 6.44. The SMILES string of the molecule is CC(CNCCc1cccc(Cl)c1)NS(=O)(=O)c1ccc2cnccc2c1. The molecule has 3 aromatic rings. The lowest BCUT2D eigenvalue weighted by Gasteiger charge is -2.15. The number of halogens is 1. The maximum atomic E-state index is 12.6. The monoisotopic (exact) mass is 403 g/mol. The minimum absolute atomic E-state index is 0.234. The van der Waals surface area contributed by atoms with Gasteiger partial charge in [0.05, 0.1) is 4.90 Å². The van der Waals surface area contributed by atoms with E-state index in [0.29, 0.717) is 6.54 Å². The highest BCUT2D eigenvalue weighted by atomic mass is 35.5. The van der Waals surface area contributed by atoms with Crippen molar-refractivity contribution in [3.05, 3.63) is 71.5 Å². The van der Waals surface area contributed by atoms with Crippen LogP contribution in [-0.4, -0.2) is 32.5 Å². The van der Waals surface area contributed by atoms with E-state index in [0.717, 1.165) is 34.3 Å². The summed E-state index contributed by atoms with van der Waals surface area (Å²) >= 11 is 5.97. The van der Waals surface area contributed by atoms with Gasteiger partial charge in [0, 0.05) is 35.4 Å². The molecule has 0 saturated heterocycles. The van der Waals surface area contributed by atoms with Gasteiger partial charge in [-0.1, -0.05) is 29.8 Å². The van der Waals surface area contributed by atoms with Gasteiger partial charge >= 0.3 is 0 Å². The topological polar surface area (TPSA) is 71.1 Å². The Morgan fingerprint density at radius 1 is 1.11 bits per heavy atom. The average molecular weight is 404 g/mol. The van der Waals surface area contributed by atoms with Crippen LogP contribution in [0.15, 0.2) is 65.8 Å². The van der Waals surface area contributed by atoms with Crippen molar-refractivity contribution in [1.29, 1.82) is 0 Å². The number of aromatic nitrogens is 1. The van der Waals surface area contributed by atoms with Gasteiger partial charge in [0.25, 0.3) is 0 Å². The van der Waals surface area contributed by atoms with Crippen molar-refractivity contribution in [3.63, 3.8) is 0 Å². The van der Waals surface area contributed by atoms with E-state index in [4.69, 9.17) is 11.6 Å². The number of benzene rings is 2. The second-order valence-corrected chi connectivity index (χ2v) is 8.64. The zero-order valence-corrected chi connectivity index (χ0v) is 16.6. The van der Waals surface area contributed by atoms with E-state index in [1.54, 1.807) is 36.7 Å². The summed E-state index contributed by atoms with van der Waals surface area (Å²) in [5, 5.41) is 5.76. The predicted molar refractivity (Wildman–Crippen MR) is 110 cm³/mol. The fourth-order valence-corrected chi connectivity index (χ4v) is 4.34. The van der Waals surface area contributed by atoms with E-state index in [-0.39, 0.29) is 10.9 Å². The van der Waals surface area contributed by atoms with Gasteiger partial charge < -0.3 is 5.32 Å². The van der Waals surface area contributed by atoms with Crippen molar-refractivity contribution in [1.82, 2.24) is 15.0 Å². The van der Waals surface area contributed by atoms with Gasteiger partial charge in [0.1, 0.15) is 0 Å². The van der Waals surface area contributed by atoms with E-state index in [9.17, 15) is 8.42 Å². The minimum Gasteiger partial charge on any atom is -0.315 e. The molecule has 27 heavy (non-hydrogen) atoms. The lowest BCUT2D eigenvalue weighted by molar-refractivity contribution is 0.537. The van der Waals surface area contributed by atoms with Crippen LogP contribution >= 0.6 is 11.6 Å². The van der Waals surface area contributed by atoms with Crippen LogP contribution in [-0.2, 0) is 16.4 Å². The molecule has 0 bridgehead atoms. The van der Waals surface area contributed by atoms with Crippen molar-refractivity contribution in [3.8, 4) is 0 Å². The van der Waals surface area contributed by atoms with Crippen LogP contribution in [0.5, 0.6) is 0 Å². The molecule has 1 atom stereocenters. The average Bonchev–Trinajstić information content (AvgIpc) is 2.64. The van der Waals surface area contributed by atoms with Gasteiger partial charge in [-0.3, -0.25) is 4.98 Å². The van der Waals surface area contributed by atoms with Crippen molar-refractivity contribution in [2.24, 2.45) is 0 Å². The van der Waals surface area contributed by atoms with Crippen molar-refractivity contribution in [2.75, 3.05) is 13.1 Å². The van der Waals surface area contributed by atoms with Gasteiger partial charge in [-0.25, -0.2) is 13.1 Å². The Labute approximate surface area is 164 Å². The number of nitrogens with zero attached hydrogens (tertiary/aromatic N) is 1. The van der Waals surface area contributed by atoms with E-state index >= 15 is 0 Å². The van der Waals surface area contributed by atoms with E-state index in [1.165, 1.54) is 0 Å². The Bertz CT molecular complexity index is 1020. The molecule has 0 amide bonds. The highest BCUT2D eigenvalue weighted by Gasteiger charge is 2.17. The van der Waals surface area contributed by atoms with E-state index < -0.39 is 10.0 Å². The van der Waals surface area contributed by atoms with Crippen LogP contribution in [0.2, 0.25) is 5.02 Å². The van der Waals surface area contributed by atoms with Gasteiger partial charge in [-0.15, -0.1) is 0 Å². The Morgan fingerprint density at radius 3 is 2.78 bits per heavy atom. The number of hydrogen-bond donors (Lipinski definition) is 2. The number of fused-ring (bicyclic) bond motifs is 1. The summed E-state index contributed by atoms with van der Waals surface area (Å²) in [5.74, 6) is 0. The molecule has 142 valence electrons. The summed E-state index contributed by atoms with van der Waals surface area (Å²) in [4.78, 5) is 4.30. The molecule has 0 radical (unpaired) electrons. The van der Waals surface area contributed by atoms with Crippen LogP contribution in [0, 0.1) is 0 Å². The summed E-state index contributed by atoms with van der Waals surface area (Å²) in [6.45, 7) is 3.13. The van der Waals surface area contributed by atoms with Crippen molar-refractivity contribution < 1.29 is 8.42 Å². The maximum Gasteiger partial charge on any atom is 0.240 e. The second kappa shape index (κ2) is 8.80. The predicted octanol–water partition coefficient (Wildman–Crippen LogP) is 3.39. The largest absolute Gasteiger partial charge is 0.315 e. The molecule has 2 aromatic carbocycles. The summed E-state index contributed by atoms with van der Waals surface area (Å²) in [6, 6.07) is 14.3. The van der Waals surface area contributed by atoms with E-state index in [2.05, 4.69) is 15.0 Å². The number of sulfonamides is 1. The third-order valence-electron chi connectivity index (χ3n) is 4.21. The number of rotatable bonds is 8. The zero-order chi connectivity index (χ0) is 19.3. The Morgan fingerprint density at radius 2 is 1.96 bits per heavy atom. The molecule has 7 heteroatoms. The molecule has 0 spiro atoms. The smallest absolute Gasteiger partial charge is 0.240 e. The standard InChI is InChI=1S/C20H22ClN3O2S/c1-15(13-22-9-7-16-3-2-4-19(21)11-16)24-27(25,26)20-6-5-18-14-23-10-8-17(18)12-20/h2-6,8,10-12,14-15,22,24H,7,9,13H2,1H3. The molecule has 3 rings (SSSR count). The van der Waals surface area contributed by atoms with Crippen LogP contribution in [0.4, 0.5) is 0 Å². The molecule has 1 aromatic heterocycles. The van der Waals surface area contributed by atoms with Crippen molar-refractivity contribution in [2.45, 2.75) is 24.3 Å². The number of hydrogen-bond acceptors (Lipinski definition) is 4. The summed E-state index contributed by atoms with van der Waals surface area (Å²) < 4.78 is 27.9. The van der Waals surface area contributed by atoms with Crippen LogP contribution < -0.4 is 10.0 Å². The van der Waals surface area contributed by atoms with Gasteiger partial charge in [-0.05, 0) is 61.2 Å². The quantitative estimate of drug-likeness (QED) is 0.565. The molecule has 0 fully saturated rings. The molecule has 0 aliphatic rings. The summed E-state index contributed by atoms with van der Waals surface area (Å²) in [5.41, 5.74) is 1.15. The number of pyridine rings is 1. The first-order valence-corrected chi connectivity index (χ1v) is 10.6. The highest BCUT2D eigenvalue weighted by molar-refractivity contribution is 7.89. The normalized spacial score (nSPS) is 13.0. The van der Waals surface area contributed by atoms with Gasteiger partial charge in [0.15, 0.2) is 0 Å².